The minimum atomic E-state index is -4.39. The second kappa shape index (κ2) is 7.42. The predicted molar refractivity (Wildman–Crippen MR) is 71.8 cm³/mol. The molecule has 1 aromatic carbocycles. The Bertz CT molecular complexity index is 644. The van der Waals surface area contributed by atoms with Crippen molar-refractivity contribution >= 4 is 0 Å². The van der Waals surface area contributed by atoms with Gasteiger partial charge in [0.05, 0.1) is 18.8 Å². The number of nitrogens with zero attached hydrogens (tertiary/aromatic N) is 1. The molecule has 0 atom stereocenters. The van der Waals surface area contributed by atoms with Gasteiger partial charge in [-0.3, -0.25) is 0 Å². The Balaban J connectivity index is 0.00000192. The van der Waals surface area contributed by atoms with Gasteiger partial charge in [-0.2, -0.15) is 17.7 Å². The molecule has 1 aromatic heterocycles. The summed E-state index contributed by atoms with van der Waals surface area (Å²) in [4.78, 5) is 0. The number of benzene rings is 1. The fourth-order valence-corrected chi connectivity index (χ4v) is 2.38. The quantitative estimate of drug-likeness (QED) is 0.694. The summed E-state index contributed by atoms with van der Waals surface area (Å²) in [6, 6.07) is 11.7. The number of pyridine rings is 1. The fourth-order valence-electron chi connectivity index (χ4n) is 2.38. The first kappa shape index (κ1) is 17.9. The lowest BCUT2D eigenvalue weighted by Gasteiger charge is -2.12. The normalized spacial score (nSPS) is 15.4. The smallest absolute Gasteiger partial charge is 0.416 e. The van der Waals surface area contributed by atoms with Crippen molar-refractivity contribution in [2.24, 2.45) is 0 Å². The van der Waals surface area contributed by atoms with Crippen LogP contribution in [0.4, 0.5) is 13.2 Å². The monoisotopic (exact) mass is 389 g/mol. The predicted octanol–water partition coefficient (Wildman–Crippen LogP) is 0.0906. The van der Waals surface area contributed by atoms with Gasteiger partial charge >= 0.3 is 6.18 Å². The molecule has 0 spiro atoms. The van der Waals surface area contributed by atoms with E-state index in [9.17, 15) is 13.2 Å². The molecule has 0 aliphatic carbocycles. The number of hydrogen-bond acceptors (Lipinski definition) is 2. The molecule has 2 heterocycles. The van der Waals surface area contributed by atoms with Gasteiger partial charge in [0.2, 0.25) is 12.0 Å². The molecule has 0 bridgehead atoms. The maximum Gasteiger partial charge on any atom is 0.416 e. The highest BCUT2D eigenvalue weighted by Gasteiger charge is 2.36. The average Bonchev–Trinajstić information content (AvgIpc) is 3.01. The summed E-state index contributed by atoms with van der Waals surface area (Å²) in [6.45, 7) is 1.22. The van der Waals surface area contributed by atoms with Crippen LogP contribution in [0.25, 0.3) is 0 Å². The zero-order valence-corrected chi connectivity index (χ0v) is 13.7. The number of aromatic nitrogens is 1. The van der Waals surface area contributed by atoms with Crippen LogP contribution in [0.1, 0.15) is 23.1 Å². The van der Waals surface area contributed by atoms with E-state index < -0.39 is 18.0 Å². The molecule has 3 rings (SSSR count). The summed E-state index contributed by atoms with van der Waals surface area (Å²) in [7, 11) is 0. The molecule has 1 fully saturated rings. The van der Waals surface area contributed by atoms with E-state index in [1.165, 1.54) is 6.20 Å². The van der Waals surface area contributed by atoms with E-state index in [0.717, 1.165) is 17.7 Å². The van der Waals surface area contributed by atoms with Crippen molar-refractivity contribution in [1.29, 1.82) is 0 Å². The van der Waals surface area contributed by atoms with E-state index in [-0.39, 0.29) is 17.0 Å². The van der Waals surface area contributed by atoms with Crippen molar-refractivity contribution in [3.8, 4) is 0 Å². The fraction of sp³-hybridized carbons (Fsp3) is 0.312. The molecule has 23 heavy (non-hydrogen) atoms. The number of rotatable bonds is 3. The second-order valence-electron chi connectivity index (χ2n) is 5.03. The van der Waals surface area contributed by atoms with Crippen LogP contribution in [0, 0.1) is 0 Å². The largest absolute Gasteiger partial charge is 1.00 e. The summed E-state index contributed by atoms with van der Waals surface area (Å²) in [5.74, 6) is 0. The molecular weight excluding hydrogens is 375 g/mol. The summed E-state index contributed by atoms with van der Waals surface area (Å²) < 4.78 is 51.2. The molecule has 0 radical (unpaired) electrons. The number of alkyl halides is 3. The molecule has 0 N–H and O–H groups in total. The van der Waals surface area contributed by atoms with Crippen LogP contribution in [-0.4, -0.2) is 13.2 Å². The molecule has 124 valence electrons. The Hall–Kier alpha value is -1.44. The van der Waals surface area contributed by atoms with Crippen LogP contribution >= 0.6 is 0 Å². The third-order valence-electron chi connectivity index (χ3n) is 3.46. The van der Waals surface area contributed by atoms with Crippen LogP contribution in [0.15, 0.2) is 48.7 Å². The number of hydrogen-bond donors (Lipinski definition) is 0. The molecular formula is C16H15BrF3NO2. The maximum absolute atomic E-state index is 12.9. The minimum Gasteiger partial charge on any atom is -1.00 e. The summed E-state index contributed by atoms with van der Waals surface area (Å²) in [6.07, 6.45) is -3.72. The topological polar surface area (TPSA) is 22.3 Å². The molecule has 1 aliphatic rings. The van der Waals surface area contributed by atoms with E-state index >= 15 is 0 Å². The van der Waals surface area contributed by atoms with Gasteiger partial charge in [0.1, 0.15) is 0 Å². The van der Waals surface area contributed by atoms with Gasteiger partial charge in [0.25, 0.3) is 0 Å². The van der Waals surface area contributed by atoms with Crippen molar-refractivity contribution < 1.29 is 44.2 Å². The zero-order valence-electron chi connectivity index (χ0n) is 12.1. The summed E-state index contributed by atoms with van der Waals surface area (Å²) in [5, 5.41) is 0. The van der Waals surface area contributed by atoms with E-state index in [0.29, 0.717) is 25.5 Å². The minimum absolute atomic E-state index is 0. The van der Waals surface area contributed by atoms with Gasteiger partial charge in [-0.15, -0.1) is 0 Å². The summed E-state index contributed by atoms with van der Waals surface area (Å²) in [5.41, 5.74) is 0.661. The van der Waals surface area contributed by atoms with Gasteiger partial charge < -0.3 is 26.5 Å². The first-order valence-electron chi connectivity index (χ1n) is 6.92. The van der Waals surface area contributed by atoms with Gasteiger partial charge in [0.15, 0.2) is 12.7 Å². The van der Waals surface area contributed by atoms with Crippen LogP contribution in [0.2, 0.25) is 0 Å². The van der Waals surface area contributed by atoms with Crippen molar-refractivity contribution in [3.05, 3.63) is 65.5 Å². The van der Waals surface area contributed by atoms with Gasteiger partial charge in [-0.05, 0) is 0 Å². The van der Waals surface area contributed by atoms with Crippen LogP contribution in [0.3, 0.4) is 0 Å². The van der Waals surface area contributed by atoms with Gasteiger partial charge in [-0.25, -0.2) is 0 Å². The molecule has 7 heteroatoms. The molecule has 0 unspecified atom stereocenters. The number of halogens is 4. The second-order valence-corrected chi connectivity index (χ2v) is 5.03. The van der Waals surface area contributed by atoms with Crippen LogP contribution < -0.4 is 21.5 Å². The Morgan fingerprint density at radius 1 is 1.04 bits per heavy atom. The van der Waals surface area contributed by atoms with Crippen molar-refractivity contribution in [3.63, 3.8) is 0 Å². The van der Waals surface area contributed by atoms with E-state index in [1.807, 2.05) is 30.3 Å². The Morgan fingerprint density at radius 3 is 2.30 bits per heavy atom. The van der Waals surface area contributed by atoms with E-state index in [1.54, 1.807) is 4.57 Å². The highest BCUT2D eigenvalue weighted by atomic mass is 79.9. The van der Waals surface area contributed by atoms with Crippen molar-refractivity contribution in [2.45, 2.75) is 19.0 Å². The highest BCUT2D eigenvalue weighted by Crippen LogP contribution is 2.31. The maximum atomic E-state index is 12.9. The lowest BCUT2D eigenvalue weighted by Crippen LogP contribution is -3.00. The first-order chi connectivity index (χ1) is 10.5. The van der Waals surface area contributed by atoms with Gasteiger partial charge in [-0.1, -0.05) is 30.3 Å². The van der Waals surface area contributed by atoms with Gasteiger partial charge in [0, 0.05) is 17.7 Å². The lowest BCUT2D eigenvalue weighted by atomic mass is 10.1. The Labute approximate surface area is 142 Å². The first-order valence-corrected chi connectivity index (χ1v) is 6.92. The summed E-state index contributed by atoms with van der Waals surface area (Å²) >= 11 is 0. The third-order valence-corrected chi connectivity index (χ3v) is 3.46. The van der Waals surface area contributed by atoms with Crippen molar-refractivity contribution in [2.75, 3.05) is 13.2 Å². The van der Waals surface area contributed by atoms with Crippen molar-refractivity contribution in [1.82, 2.24) is 0 Å². The van der Waals surface area contributed by atoms with Crippen LogP contribution in [-0.2, 0) is 22.2 Å². The number of ether oxygens (including phenoxy) is 2. The zero-order chi connectivity index (χ0) is 15.6. The molecule has 3 nitrogen and oxygen atoms in total. The molecule has 1 saturated heterocycles. The average molecular weight is 390 g/mol. The third kappa shape index (κ3) is 4.31. The lowest BCUT2D eigenvalue weighted by molar-refractivity contribution is -0.702. The SMILES string of the molecule is FC(F)(F)c1cc[n+](Cc2ccccc2)c(C2OCCO2)c1.[Br-]. The Kier molecular flexibility index (Phi) is 5.78. The highest BCUT2D eigenvalue weighted by molar-refractivity contribution is 5.18. The van der Waals surface area contributed by atoms with E-state index in [4.69, 9.17) is 9.47 Å². The standard InChI is InChI=1S/C16H15F3NO2.BrH/c17-16(18,19)13-6-7-20(11-12-4-2-1-3-5-12)14(10-13)15-21-8-9-22-15;/h1-7,10,15H,8-9,11H2;1H/q+1;/p-1. The molecule has 0 amide bonds. The Morgan fingerprint density at radius 2 is 1.70 bits per heavy atom. The molecule has 0 saturated carbocycles. The molecule has 1 aliphatic heterocycles. The van der Waals surface area contributed by atoms with Crippen LogP contribution in [0.5, 0.6) is 0 Å². The molecule has 2 aromatic rings. The van der Waals surface area contributed by atoms with E-state index in [2.05, 4.69) is 0 Å².